The van der Waals surface area contributed by atoms with Crippen LogP contribution in [0.4, 0.5) is 0 Å². The first kappa shape index (κ1) is 16.5. The number of ether oxygens (including phenoxy) is 1. The van der Waals surface area contributed by atoms with E-state index >= 15 is 0 Å². The van der Waals surface area contributed by atoms with E-state index in [0.29, 0.717) is 17.7 Å². The SMILES string of the molecule is CCCC(=O)NNC(=O)c1cc(Br)ccc1OC(C)C. The summed E-state index contributed by atoms with van der Waals surface area (Å²) in [5.41, 5.74) is 5.12. The minimum Gasteiger partial charge on any atom is -0.490 e. The topological polar surface area (TPSA) is 67.4 Å². The van der Waals surface area contributed by atoms with Crippen molar-refractivity contribution in [3.63, 3.8) is 0 Å². The van der Waals surface area contributed by atoms with Gasteiger partial charge in [-0.05, 0) is 38.5 Å². The monoisotopic (exact) mass is 342 g/mol. The van der Waals surface area contributed by atoms with Gasteiger partial charge < -0.3 is 4.74 Å². The first-order valence-corrected chi connectivity index (χ1v) is 7.28. The third-order valence-corrected chi connectivity index (χ3v) is 2.83. The molecule has 1 rings (SSSR count). The maximum Gasteiger partial charge on any atom is 0.273 e. The van der Waals surface area contributed by atoms with Gasteiger partial charge in [0.1, 0.15) is 5.75 Å². The number of hydrazine groups is 1. The maximum absolute atomic E-state index is 12.1. The van der Waals surface area contributed by atoms with E-state index in [1.54, 1.807) is 18.2 Å². The van der Waals surface area contributed by atoms with Gasteiger partial charge in [0.2, 0.25) is 5.91 Å². The lowest BCUT2D eigenvalue weighted by Crippen LogP contribution is -2.41. The summed E-state index contributed by atoms with van der Waals surface area (Å²) in [6.45, 7) is 5.66. The van der Waals surface area contributed by atoms with Crippen LogP contribution in [0, 0.1) is 0 Å². The molecular formula is C14H19BrN2O3. The minimum atomic E-state index is -0.411. The third kappa shape index (κ3) is 5.21. The van der Waals surface area contributed by atoms with Gasteiger partial charge in [0.25, 0.3) is 5.91 Å². The van der Waals surface area contributed by atoms with Crippen molar-refractivity contribution in [1.82, 2.24) is 10.9 Å². The van der Waals surface area contributed by atoms with Crippen LogP contribution in [0.5, 0.6) is 5.75 Å². The van der Waals surface area contributed by atoms with E-state index in [0.717, 1.165) is 10.9 Å². The maximum atomic E-state index is 12.1. The van der Waals surface area contributed by atoms with E-state index in [4.69, 9.17) is 4.74 Å². The Kier molecular flexibility index (Phi) is 6.51. The fourth-order valence-corrected chi connectivity index (χ4v) is 1.88. The highest BCUT2D eigenvalue weighted by atomic mass is 79.9. The number of carbonyl (C=O) groups is 2. The molecule has 20 heavy (non-hydrogen) atoms. The zero-order valence-corrected chi connectivity index (χ0v) is 13.4. The van der Waals surface area contributed by atoms with Crippen molar-refractivity contribution in [2.45, 2.75) is 39.7 Å². The van der Waals surface area contributed by atoms with Gasteiger partial charge in [-0.2, -0.15) is 0 Å². The van der Waals surface area contributed by atoms with Crippen LogP contribution < -0.4 is 15.6 Å². The second-order valence-corrected chi connectivity index (χ2v) is 5.48. The Morgan fingerprint density at radius 1 is 1.30 bits per heavy atom. The molecule has 0 atom stereocenters. The molecule has 0 unspecified atom stereocenters. The van der Waals surface area contributed by atoms with E-state index in [2.05, 4.69) is 26.8 Å². The second-order valence-electron chi connectivity index (χ2n) is 4.56. The van der Waals surface area contributed by atoms with Crippen molar-refractivity contribution in [3.05, 3.63) is 28.2 Å². The Morgan fingerprint density at radius 2 is 2.00 bits per heavy atom. The fourth-order valence-electron chi connectivity index (χ4n) is 1.52. The van der Waals surface area contributed by atoms with E-state index in [1.807, 2.05) is 20.8 Å². The molecule has 0 bridgehead atoms. The molecule has 2 N–H and O–H groups in total. The number of carbonyl (C=O) groups excluding carboxylic acids is 2. The zero-order valence-electron chi connectivity index (χ0n) is 11.8. The average Bonchev–Trinajstić information content (AvgIpc) is 2.38. The van der Waals surface area contributed by atoms with Crippen molar-refractivity contribution in [1.29, 1.82) is 0 Å². The number of hydrogen-bond donors (Lipinski definition) is 2. The lowest BCUT2D eigenvalue weighted by Gasteiger charge is -2.14. The summed E-state index contributed by atoms with van der Waals surface area (Å²) >= 11 is 3.31. The number of halogens is 1. The van der Waals surface area contributed by atoms with Crippen LogP contribution in [0.15, 0.2) is 22.7 Å². The highest BCUT2D eigenvalue weighted by Crippen LogP contribution is 2.24. The van der Waals surface area contributed by atoms with E-state index in [-0.39, 0.29) is 12.0 Å². The van der Waals surface area contributed by atoms with Crippen molar-refractivity contribution >= 4 is 27.7 Å². The van der Waals surface area contributed by atoms with Gasteiger partial charge in [-0.1, -0.05) is 22.9 Å². The van der Waals surface area contributed by atoms with Crippen molar-refractivity contribution < 1.29 is 14.3 Å². The molecule has 0 aliphatic carbocycles. The van der Waals surface area contributed by atoms with Crippen molar-refractivity contribution in [3.8, 4) is 5.75 Å². The van der Waals surface area contributed by atoms with E-state index in [9.17, 15) is 9.59 Å². The molecule has 0 fully saturated rings. The van der Waals surface area contributed by atoms with Crippen molar-refractivity contribution in [2.24, 2.45) is 0 Å². The molecule has 2 amide bonds. The molecule has 6 heteroatoms. The number of nitrogens with one attached hydrogen (secondary N) is 2. The molecule has 0 spiro atoms. The summed E-state index contributed by atoms with van der Waals surface area (Å²) in [6.07, 6.45) is 1.05. The van der Waals surface area contributed by atoms with Crippen LogP contribution >= 0.6 is 15.9 Å². The summed E-state index contributed by atoms with van der Waals surface area (Å²) in [5.74, 6) is -0.154. The molecule has 1 aromatic carbocycles. The molecule has 1 aromatic rings. The number of amides is 2. The van der Waals surface area contributed by atoms with Crippen LogP contribution in [0.1, 0.15) is 44.0 Å². The average molecular weight is 343 g/mol. The molecule has 0 aromatic heterocycles. The van der Waals surface area contributed by atoms with Gasteiger partial charge >= 0.3 is 0 Å². The molecule has 0 aliphatic rings. The summed E-state index contributed by atoms with van der Waals surface area (Å²) < 4.78 is 6.34. The predicted molar refractivity (Wildman–Crippen MR) is 80.4 cm³/mol. The normalized spacial score (nSPS) is 10.2. The van der Waals surface area contributed by atoms with Crippen LogP contribution in [0.3, 0.4) is 0 Å². The van der Waals surface area contributed by atoms with Gasteiger partial charge in [0, 0.05) is 10.9 Å². The van der Waals surface area contributed by atoms with Crippen LogP contribution in [-0.2, 0) is 4.79 Å². The lowest BCUT2D eigenvalue weighted by molar-refractivity contribution is -0.121. The Bertz CT molecular complexity index is 489. The summed E-state index contributed by atoms with van der Waals surface area (Å²) in [7, 11) is 0. The van der Waals surface area contributed by atoms with Gasteiger partial charge in [0.05, 0.1) is 11.7 Å². The standard InChI is InChI=1S/C14H19BrN2O3/c1-4-5-13(18)16-17-14(19)11-8-10(15)6-7-12(11)20-9(2)3/h6-9H,4-5H2,1-3H3,(H,16,18)(H,17,19). The third-order valence-electron chi connectivity index (χ3n) is 2.34. The minimum absolute atomic E-state index is 0.0441. The van der Waals surface area contributed by atoms with Crippen molar-refractivity contribution in [2.75, 3.05) is 0 Å². The Hall–Kier alpha value is -1.56. The van der Waals surface area contributed by atoms with Crippen LogP contribution in [0.2, 0.25) is 0 Å². The van der Waals surface area contributed by atoms with Gasteiger partial charge in [-0.25, -0.2) is 0 Å². The van der Waals surface area contributed by atoms with Crippen LogP contribution in [0.25, 0.3) is 0 Å². The largest absolute Gasteiger partial charge is 0.490 e. The predicted octanol–water partition coefficient (Wildman–Crippen LogP) is 2.80. The summed E-state index contributed by atoms with van der Waals surface area (Å²) in [6, 6.07) is 5.16. The lowest BCUT2D eigenvalue weighted by atomic mass is 10.2. The van der Waals surface area contributed by atoms with E-state index < -0.39 is 5.91 Å². The second kappa shape index (κ2) is 7.89. The Balaban J connectivity index is 2.80. The molecule has 0 radical (unpaired) electrons. The number of hydrogen-bond acceptors (Lipinski definition) is 3. The first-order chi connectivity index (χ1) is 9.43. The van der Waals surface area contributed by atoms with Gasteiger partial charge in [-0.15, -0.1) is 0 Å². The zero-order chi connectivity index (χ0) is 15.1. The highest BCUT2D eigenvalue weighted by molar-refractivity contribution is 9.10. The van der Waals surface area contributed by atoms with Gasteiger partial charge in [0.15, 0.2) is 0 Å². The Labute approximate surface area is 127 Å². The number of rotatable bonds is 5. The molecule has 0 aliphatic heterocycles. The molecule has 0 heterocycles. The smallest absolute Gasteiger partial charge is 0.273 e. The first-order valence-electron chi connectivity index (χ1n) is 6.49. The fraction of sp³-hybridized carbons (Fsp3) is 0.429. The summed E-state index contributed by atoms with van der Waals surface area (Å²) in [5, 5.41) is 0. The molecule has 110 valence electrons. The van der Waals surface area contributed by atoms with Gasteiger partial charge in [-0.3, -0.25) is 20.4 Å². The quantitative estimate of drug-likeness (QED) is 0.808. The number of benzene rings is 1. The molecule has 5 nitrogen and oxygen atoms in total. The molecule has 0 saturated heterocycles. The Morgan fingerprint density at radius 3 is 2.60 bits per heavy atom. The molecule has 0 saturated carbocycles. The highest BCUT2D eigenvalue weighted by Gasteiger charge is 2.14. The van der Waals surface area contributed by atoms with Crippen LogP contribution in [-0.4, -0.2) is 17.9 Å². The summed E-state index contributed by atoms with van der Waals surface area (Å²) in [4.78, 5) is 23.4. The molecular weight excluding hydrogens is 324 g/mol. The van der Waals surface area contributed by atoms with E-state index in [1.165, 1.54) is 0 Å².